The summed E-state index contributed by atoms with van der Waals surface area (Å²) in [4.78, 5) is 27.3. The molecular formula is C27H32N4O6S. The summed E-state index contributed by atoms with van der Waals surface area (Å²) < 4.78 is 21.5. The summed E-state index contributed by atoms with van der Waals surface area (Å²) in [6.45, 7) is 1.56. The number of aromatic nitrogens is 2. The number of amides is 2. The predicted molar refractivity (Wildman–Crippen MR) is 142 cm³/mol. The Morgan fingerprint density at radius 3 is 2.34 bits per heavy atom. The number of piperidine rings is 1. The zero-order chi connectivity index (χ0) is 26.9. The van der Waals surface area contributed by atoms with Crippen molar-refractivity contribution in [2.75, 3.05) is 40.2 Å². The lowest BCUT2D eigenvalue weighted by Gasteiger charge is -2.32. The van der Waals surface area contributed by atoms with E-state index in [1.54, 1.807) is 12.1 Å². The van der Waals surface area contributed by atoms with E-state index in [-0.39, 0.29) is 35.2 Å². The first kappa shape index (κ1) is 27.3. The fourth-order valence-electron chi connectivity index (χ4n) is 4.39. The lowest BCUT2D eigenvalue weighted by atomic mass is 9.90. The summed E-state index contributed by atoms with van der Waals surface area (Å²) in [6.07, 6.45) is 3.06. The molecule has 1 saturated heterocycles. The minimum atomic E-state index is -0.373. The molecular weight excluding hydrogens is 508 g/mol. The second-order valence-corrected chi connectivity index (χ2v) is 9.79. The molecule has 0 radical (unpaired) electrons. The highest BCUT2D eigenvalue weighted by molar-refractivity contribution is 7.99. The molecule has 3 aromatic rings. The first-order valence-electron chi connectivity index (χ1n) is 12.4. The number of ether oxygens (including phenoxy) is 3. The lowest BCUT2D eigenvalue weighted by Crippen LogP contribution is -2.39. The molecule has 4 rings (SSSR count). The minimum absolute atomic E-state index is 0.0337. The molecule has 1 N–H and O–H groups in total. The highest BCUT2D eigenvalue weighted by Crippen LogP contribution is 2.38. The Morgan fingerprint density at radius 1 is 1.03 bits per heavy atom. The van der Waals surface area contributed by atoms with Crippen molar-refractivity contribution in [1.82, 2.24) is 20.4 Å². The molecule has 0 atom stereocenters. The van der Waals surface area contributed by atoms with Crippen molar-refractivity contribution in [2.24, 2.45) is 5.92 Å². The lowest BCUT2D eigenvalue weighted by molar-refractivity contribution is -0.129. The fourth-order valence-corrected chi connectivity index (χ4v) is 5.07. The molecule has 0 saturated carbocycles. The van der Waals surface area contributed by atoms with Crippen LogP contribution >= 0.6 is 11.8 Å². The van der Waals surface area contributed by atoms with Gasteiger partial charge in [-0.3, -0.25) is 9.59 Å². The summed E-state index contributed by atoms with van der Waals surface area (Å²) in [5, 5.41) is 11.0. The Kier molecular flexibility index (Phi) is 9.47. The monoisotopic (exact) mass is 540 g/mol. The summed E-state index contributed by atoms with van der Waals surface area (Å²) >= 11 is 1.20. The van der Waals surface area contributed by atoms with E-state index in [2.05, 4.69) is 39.8 Å². The Morgan fingerprint density at radius 2 is 1.71 bits per heavy atom. The molecule has 1 aromatic heterocycles. The van der Waals surface area contributed by atoms with Crippen molar-refractivity contribution >= 4 is 23.6 Å². The van der Waals surface area contributed by atoms with Gasteiger partial charge in [0.05, 0.1) is 33.6 Å². The molecule has 10 nitrogen and oxygen atoms in total. The number of nitrogens with zero attached hydrogens (tertiary/aromatic N) is 3. The van der Waals surface area contributed by atoms with Crippen molar-refractivity contribution < 1.29 is 28.2 Å². The van der Waals surface area contributed by atoms with Gasteiger partial charge in [0, 0.05) is 18.7 Å². The van der Waals surface area contributed by atoms with Crippen LogP contribution in [-0.2, 0) is 17.8 Å². The van der Waals surface area contributed by atoms with Gasteiger partial charge in [0.15, 0.2) is 11.5 Å². The Balaban J connectivity index is 1.22. The maximum atomic E-state index is 12.7. The third-order valence-corrected chi connectivity index (χ3v) is 7.23. The highest BCUT2D eigenvalue weighted by Gasteiger charge is 2.24. The van der Waals surface area contributed by atoms with Crippen LogP contribution in [0.4, 0.5) is 0 Å². The average Bonchev–Trinajstić information content (AvgIpc) is 3.42. The zero-order valence-electron chi connectivity index (χ0n) is 21.8. The maximum Gasteiger partial charge on any atom is 0.277 e. The summed E-state index contributed by atoms with van der Waals surface area (Å²) in [7, 11) is 4.46. The predicted octanol–water partition coefficient (Wildman–Crippen LogP) is 3.60. The van der Waals surface area contributed by atoms with E-state index >= 15 is 0 Å². The Labute approximate surface area is 226 Å². The molecule has 2 amide bonds. The standard InChI is InChI=1S/C27H32N4O6S/c1-34-21-14-20(15-22(35-2)25(21)36-3)26(33)28-16-23-29-30-27(37-23)38-17-24(32)31-11-9-19(10-12-31)13-18-7-5-4-6-8-18/h4-8,14-15,19H,9-13,16-17H2,1-3H3,(H,28,33). The highest BCUT2D eigenvalue weighted by atomic mass is 32.2. The molecule has 1 fully saturated rings. The molecule has 0 spiro atoms. The van der Waals surface area contributed by atoms with Crippen LogP contribution in [0.5, 0.6) is 17.2 Å². The van der Waals surface area contributed by atoms with E-state index in [0.717, 1.165) is 32.4 Å². The second-order valence-electron chi connectivity index (χ2n) is 8.86. The number of carbonyl (C=O) groups is 2. The molecule has 38 heavy (non-hydrogen) atoms. The molecule has 2 heterocycles. The van der Waals surface area contributed by atoms with Gasteiger partial charge in [0.2, 0.25) is 17.5 Å². The SMILES string of the molecule is COc1cc(C(=O)NCc2nnc(SCC(=O)N3CCC(Cc4ccccc4)CC3)o2)cc(OC)c1OC. The van der Waals surface area contributed by atoms with Gasteiger partial charge in [-0.15, -0.1) is 10.2 Å². The summed E-state index contributed by atoms with van der Waals surface area (Å²) in [6, 6.07) is 13.6. The largest absolute Gasteiger partial charge is 0.493 e. The van der Waals surface area contributed by atoms with Gasteiger partial charge in [-0.2, -0.15) is 0 Å². The fraction of sp³-hybridized carbons (Fsp3) is 0.407. The van der Waals surface area contributed by atoms with E-state index in [4.69, 9.17) is 18.6 Å². The maximum absolute atomic E-state index is 12.7. The normalized spacial score (nSPS) is 13.7. The molecule has 11 heteroatoms. The van der Waals surface area contributed by atoms with Crippen LogP contribution in [0.15, 0.2) is 52.1 Å². The van der Waals surface area contributed by atoms with Gasteiger partial charge in [0.25, 0.3) is 11.1 Å². The summed E-state index contributed by atoms with van der Waals surface area (Å²) in [5.74, 6) is 1.90. The van der Waals surface area contributed by atoms with Gasteiger partial charge in [-0.05, 0) is 42.9 Å². The van der Waals surface area contributed by atoms with Gasteiger partial charge in [-0.25, -0.2) is 0 Å². The molecule has 1 aliphatic rings. The summed E-state index contributed by atoms with van der Waals surface area (Å²) in [5.41, 5.74) is 1.67. The number of thioether (sulfide) groups is 1. The van der Waals surface area contributed by atoms with Crippen LogP contribution in [-0.4, -0.2) is 67.1 Å². The van der Waals surface area contributed by atoms with E-state index in [0.29, 0.717) is 28.7 Å². The number of benzene rings is 2. The number of hydrogen-bond donors (Lipinski definition) is 1. The smallest absolute Gasteiger partial charge is 0.277 e. The van der Waals surface area contributed by atoms with Gasteiger partial charge in [-0.1, -0.05) is 42.1 Å². The van der Waals surface area contributed by atoms with E-state index in [1.165, 1.54) is 38.7 Å². The molecule has 2 aromatic carbocycles. The van der Waals surface area contributed by atoms with Crippen LogP contribution in [0.1, 0.15) is 34.7 Å². The van der Waals surface area contributed by atoms with Crippen LogP contribution in [0.25, 0.3) is 0 Å². The Hall–Kier alpha value is -3.73. The number of hydrogen-bond acceptors (Lipinski definition) is 9. The van der Waals surface area contributed by atoms with Gasteiger partial charge < -0.3 is 28.8 Å². The van der Waals surface area contributed by atoms with E-state index < -0.39 is 0 Å². The van der Waals surface area contributed by atoms with Gasteiger partial charge in [0.1, 0.15) is 0 Å². The number of methoxy groups -OCH3 is 3. The molecule has 0 aliphatic carbocycles. The number of rotatable bonds is 11. The molecule has 202 valence electrons. The zero-order valence-corrected chi connectivity index (χ0v) is 22.6. The van der Waals surface area contributed by atoms with Crippen LogP contribution < -0.4 is 19.5 Å². The molecule has 0 bridgehead atoms. The van der Waals surface area contributed by atoms with Crippen molar-refractivity contribution in [3.63, 3.8) is 0 Å². The first-order valence-corrected chi connectivity index (χ1v) is 13.3. The minimum Gasteiger partial charge on any atom is -0.493 e. The first-order chi connectivity index (χ1) is 18.5. The second kappa shape index (κ2) is 13.2. The molecule has 0 unspecified atom stereocenters. The quantitative estimate of drug-likeness (QED) is 0.364. The topological polar surface area (TPSA) is 116 Å². The van der Waals surface area contributed by atoms with Gasteiger partial charge >= 0.3 is 0 Å². The van der Waals surface area contributed by atoms with E-state index in [9.17, 15) is 9.59 Å². The van der Waals surface area contributed by atoms with Crippen molar-refractivity contribution in [1.29, 1.82) is 0 Å². The van der Waals surface area contributed by atoms with Crippen LogP contribution in [0.3, 0.4) is 0 Å². The number of nitrogens with one attached hydrogen (secondary N) is 1. The number of carbonyl (C=O) groups excluding carboxylic acids is 2. The average molecular weight is 541 g/mol. The third kappa shape index (κ3) is 6.97. The van der Waals surface area contributed by atoms with Crippen LogP contribution in [0, 0.1) is 5.92 Å². The molecule has 1 aliphatic heterocycles. The van der Waals surface area contributed by atoms with Crippen molar-refractivity contribution in [3.8, 4) is 17.2 Å². The van der Waals surface area contributed by atoms with Crippen molar-refractivity contribution in [3.05, 3.63) is 59.5 Å². The number of likely N-dealkylation sites (tertiary alicyclic amines) is 1. The third-order valence-electron chi connectivity index (χ3n) is 6.43. The van der Waals surface area contributed by atoms with Crippen molar-refractivity contribution in [2.45, 2.75) is 31.0 Å². The van der Waals surface area contributed by atoms with E-state index in [1.807, 2.05) is 11.0 Å². The van der Waals surface area contributed by atoms with Crippen LogP contribution in [0.2, 0.25) is 0 Å². The Bertz CT molecular complexity index is 1200.